The highest BCUT2D eigenvalue weighted by atomic mass is 79.9. The van der Waals surface area contributed by atoms with E-state index in [1.54, 1.807) is 6.08 Å². The van der Waals surface area contributed by atoms with Crippen molar-refractivity contribution in [2.75, 3.05) is 6.61 Å². The summed E-state index contributed by atoms with van der Waals surface area (Å²) in [4.78, 5) is 11.6. The first-order chi connectivity index (χ1) is 9.08. The van der Waals surface area contributed by atoms with E-state index in [1.165, 1.54) is 5.56 Å². The van der Waals surface area contributed by atoms with Crippen LogP contribution in [0.1, 0.15) is 25.3 Å². The van der Waals surface area contributed by atoms with Crippen LogP contribution in [-0.4, -0.2) is 18.7 Å². The number of halogens is 1. The minimum absolute atomic E-state index is 0.0611. The predicted octanol–water partition coefficient (Wildman–Crippen LogP) is 3.78. The van der Waals surface area contributed by atoms with Crippen LogP contribution in [0.3, 0.4) is 0 Å². The van der Waals surface area contributed by atoms with Crippen LogP contribution in [-0.2, 0) is 10.2 Å². The maximum Gasteiger partial charge on any atom is 0.407 e. The lowest BCUT2D eigenvalue weighted by Crippen LogP contribution is -2.41. The van der Waals surface area contributed by atoms with Gasteiger partial charge in [-0.15, -0.1) is 0 Å². The minimum Gasteiger partial charge on any atom is -0.445 e. The third-order valence-corrected chi connectivity index (χ3v) is 4.23. The van der Waals surface area contributed by atoms with Crippen molar-refractivity contribution in [1.29, 1.82) is 0 Å². The van der Waals surface area contributed by atoms with Crippen LogP contribution in [0, 0.1) is 0 Å². The summed E-state index contributed by atoms with van der Waals surface area (Å²) >= 11 is 3.44. The predicted molar refractivity (Wildman–Crippen MR) is 79.2 cm³/mol. The second kappa shape index (κ2) is 5.78. The standard InChI is InChI=1S/C15H18BrNO2/c1-3-10-19-14(18)17-11(2)15(8-9-15)12-4-6-13(16)7-5-12/h3-7,11H,1,8-10H2,2H3,(H,17,18). The van der Waals surface area contributed by atoms with Gasteiger partial charge in [0.1, 0.15) is 6.61 Å². The van der Waals surface area contributed by atoms with Crippen molar-refractivity contribution in [3.05, 3.63) is 47.0 Å². The third-order valence-electron chi connectivity index (χ3n) is 3.70. The summed E-state index contributed by atoms with van der Waals surface area (Å²) in [5.41, 5.74) is 1.33. The zero-order valence-corrected chi connectivity index (χ0v) is 12.6. The van der Waals surface area contributed by atoms with Crippen LogP contribution in [0.4, 0.5) is 4.79 Å². The molecule has 0 saturated heterocycles. The number of rotatable bonds is 5. The van der Waals surface area contributed by atoms with Gasteiger partial charge >= 0.3 is 6.09 Å². The van der Waals surface area contributed by atoms with Crippen molar-refractivity contribution in [1.82, 2.24) is 5.32 Å². The molecule has 1 aromatic carbocycles. The van der Waals surface area contributed by atoms with Crippen molar-refractivity contribution in [2.45, 2.75) is 31.2 Å². The van der Waals surface area contributed by atoms with E-state index in [1.807, 2.05) is 19.1 Å². The fraction of sp³-hybridized carbons (Fsp3) is 0.400. The molecule has 0 aromatic heterocycles. The van der Waals surface area contributed by atoms with E-state index in [-0.39, 0.29) is 24.2 Å². The first-order valence-corrected chi connectivity index (χ1v) is 7.18. The number of benzene rings is 1. The monoisotopic (exact) mass is 323 g/mol. The maximum absolute atomic E-state index is 11.6. The fourth-order valence-electron chi connectivity index (χ4n) is 2.38. The smallest absolute Gasteiger partial charge is 0.407 e. The summed E-state index contributed by atoms with van der Waals surface area (Å²) in [6, 6.07) is 8.37. The van der Waals surface area contributed by atoms with E-state index in [9.17, 15) is 4.79 Å². The van der Waals surface area contributed by atoms with Crippen LogP contribution in [0.2, 0.25) is 0 Å². The lowest BCUT2D eigenvalue weighted by molar-refractivity contribution is 0.152. The number of carbonyl (C=O) groups is 1. The molecule has 3 nitrogen and oxygen atoms in total. The van der Waals surface area contributed by atoms with Gasteiger partial charge in [0.2, 0.25) is 0 Å². The Labute approximate surface area is 122 Å². The number of alkyl carbamates (subject to hydrolysis) is 1. The molecule has 1 aliphatic rings. The summed E-state index contributed by atoms with van der Waals surface area (Å²) in [6.07, 6.45) is 3.37. The molecular formula is C15H18BrNO2. The molecule has 102 valence electrons. The van der Waals surface area contributed by atoms with Gasteiger partial charge in [-0.25, -0.2) is 4.79 Å². The number of amides is 1. The van der Waals surface area contributed by atoms with E-state index < -0.39 is 0 Å². The molecule has 0 heterocycles. The molecule has 1 N–H and O–H groups in total. The Bertz CT molecular complexity index is 466. The molecular weight excluding hydrogens is 306 g/mol. The zero-order chi connectivity index (χ0) is 13.9. The molecule has 1 unspecified atom stereocenters. The van der Waals surface area contributed by atoms with Gasteiger partial charge in [-0.2, -0.15) is 0 Å². The summed E-state index contributed by atoms with van der Waals surface area (Å²) in [5, 5.41) is 2.91. The summed E-state index contributed by atoms with van der Waals surface area (Å²) in [7, 11) is 0. The fourth-order valence-corrected chi connectivity index (χ4v) is 2.64. The third kappa shape index (κ3) is 3.18. The molecule has 1 fully saturated rings. The van der Waals surface area contributed by atoms with Gasteiger partial charge in [-0.05, 0) is 37.5 Å². The molecule has 0 aliphatic heterocycles. The van der Waals surface area contributed by atoms with Gasteiger partial charge in [-0.1, -0.05) is 40.7 Å². The van der Waals surface area contributed by atoms with Crippen LogP contribution in [0.5, 0.6) is 0 Å². The molecule has 1 saturated carbocycles. The normalized spacial score (nSPS) is 17.4. The number of nitrogens with one attached hydrogen (secondary N) is 1. The van der Waals surface area contributed by atoms with E-state index in [4.69, 9.17) is 4.74 Å². The molecule has 0 bridgehead atoms. The summed E-state index contributed by atoms with van der Waals surface area (Å²) in [5.74, 6) is 0. The van der Waals surface area contributed by atoms with E-state index in [2.05, 4.69) is 40.0 Å². The van der Waals surface area contributed by atoms with Crippen LogP contribution in [0.15, 0.2) is 41.4 Å². The average molecular weight is 324 g/mol. The van der Waals surface area contributed by atoms with Gasteiger partial charge in [-0.3, -0.25) is 0 Å². The second-order valence-corrected chi connectivity index (χ2v) is 5.83. The SMILES string of the molecule is C=CCOC(=O)NC(C)C1(c2ccc(Br)cc2)CC1. The lowest BCUT2D eigenvalue weighted by atomic mass is 9.89. The number of hydrogen-bond acceptors (Lipinski definition) is 2. The molecule has 19 heavy (non-hydrogen) atoms. The van der Waals surface area contributed by atoms with Crippen LogP contribution in [0.25, 0.3) is 0 Å². The van der Waals surface area contributed by atoms with Crippen molar-refractivity contribution in [3.8, 4) is 0 Å². The Morgan fingerprint density at radius 2 is 2.16 bits per heavy atom. The largest absolute Gasteiger partial charge is 0.445 e. The highest BCUT2D eigenvalue weighted by molar-refractivity contribution is 9.10. The molecule has 1 aliphatic carbocycles. The van der Waals surface area contributed by atoms with Gasteiger partial charge < -0.3 is 10.1 Å². The highest BCUT2D eigenvalue weighted by Gasteiger charge is 2.49. The maximum atomic E-state index is 11.6. The van der Waals surface area contributed by atoms with Crippen molar-refractivity contribution in [3.63, 3.8) is 0 Å². The molecule has 0 spiro atoms. The molecule has 1 amide bonds. The first-order valence-electron chi connectivity index (χ1n) is 6.39. The Morgan fingerprint density at radius 3 is 2.68 bits per heavy atom. The van der Waals surface area contributed by atoms with Gasteiger partial charge in [0, 0.05) is 15.9 Å². The summed E-state index contributed by atoms with van der Waals surface area (Å²) in [6.45, 7) is 5.79. The van der Waals surface area contributed by atoms with Crippen LogP contribution < -0.4 is 5.32 Å². The molecule has 4 heteroatoms. The summed E-state index contributed by atoms with van der Waals surface area (Å²) < 4.78 is 6.03. The second-order valence-electron chi connectivity index (χ2n) is 4.92. The van der Waals surface area contributed by atoms with Crippen molar-refractivity contribution >= 4 is 22.0 Å². The van der Waals surface area contributed by atoms with Crippen molar-refractivity contribution < 1.29 is 9.53 Å². The Hall–Kier alpha value is -1.29. The number of carbonyl (C=O) groups excluding carboxylic acids is 1. The van der Waals surface area contributed by atoms with E-state index in [0.717, 1.165) is 17.3 Å². The lowest BCUT2D eigenvalue weighted by Gasteiger charge is -2.24. The van der Waals surface area contributed by atoms with Crippen molar-refractivity contribution in [2.24, 2.45) is 0 Å². The first kappa shape index (κ1) is 14.1. The Kier molecular flexibility index (Phi) is 4.30. The topological polar surface area (TPSA) is 38.3 Å². The van der Waals surface area contributed by atoms with Gasteiger partial charge in [0.15, 0.2) is 0 Å². The van der Waals surface area contributed by atoms with Gasteiger partial charge in [0.05, 0.1) is 0 Å². The quantitative estimate of drug-likeness (QED) is 0.837. The van der Waals surface area contributed by atoms with E-state index in [0.29, 0.717) is 0 Å². The minimum atomic E-state index is -0.379. The van der Waals surface area contributed by atoms with E-state index >= 15 is 0 Å². The number of ether oxygens (including phenoxy) is 1. The van der Waals surface area contributed by atoms with Crippen LogP contribution >= 0.6 is 15.9 Å². The molecule has 0 radical (unpaired) electrons. The molecule has 2 rings (SSSR count). The highest BCUT2D eigenvalue weighted by Crippen LogP contribution is 2.51. The van der Waals surface area contributed by atoms with Gasteiger partial charge in [0.25, 0.3) is 0 Å². The Balaban J connectivity index is 2.01. The Morgan fingerprint density at radius 1 is 1.53 bits per heavy atom. The molecule has 1 aromatic rings. The number of hydrogen-bond donors (Lipinski definition) is 1. The molecule has 1 atom stereocenters. The zero-order valence-electron chi connectivity index (χ0n) is 11.0. The average Bonchev–Trinajstić information content (AvgIpc) is 3.18.